The van der Waals surface area contributed by atoms with Crippen LogP contribution < -0.4 is 0 Å². The highest BCUT2D eigenvalue weighted by molar-refractivity contribution is 7.10. The fourth-order valence-corrected chi connectivity index (χ4v) is 3.78. The van der Waals surface area contributed by atoms with E-state index in [1.165, 1.54) is 0 Å². The quantitative estimate of drug-likeness (QED) is 0.843. The molecule has 0 saturated carbocycles. The van der Waals surface area contributed by atoms with Crippen LogP contribution in [0.25, 0.3) is 0 Å². The number of amides is 1. The predicted octanol–water partition coefficient (Wildman–Crippen LogP) is 2.22. The van der Waals surface area contributed by atoms with Crippen molar-refractivity contribution >= 4 is 23.2 Å². The first-order valence-corrected chi connectivity index (χ1v) is 7.31. The average Bonchev–Trinajstić information content (AvgIpc) is 3.06. The maximum atomic E-state index is 12.5. The maximum absolute atomic E-state index is 12.5. The molecule has 1 unspecified atom stereocenters. The van der Waals surface area contributed by atoms with Crippen LogP contribution in [0.1, 0.15) is 29.3 Å². The third kappa shape index (κ3) is 2.08. The molecule has 1 aliphatic heterocycles. The van der Waals surface area contributed by atoms with E-state index in [1.54, 1.807) is 16.2 Å². The lowest BCUT2D eigenvalue weighted by atomic mass is 9.96. The molecule has 19 heavy (non-hydrogen) atoms. The summed E-state index contributed by atoms with van der Waals surface area (Å²) in [5, 5.41) is 11.4. The fourth-order valence-electron chi connectivity index (χ4n) is 2.87. The smallest absolute Gasteiger partial charge is 0.331 e. The Kier molecular flexibility index (Phi) is 3.14. The van der Waals surface area contributed by atoms with Gasteiger partial charge in [-0.15, -0.1) is 11.3 Å². The van der Waals surface area contributed by atoms with Crippen molar-refractivity contribution in [3.05, 3.63) is 34.0 Å². The fraction of sp³-hybridized carbons (Fsp3) is 0.429. The SMILES string of the molecule is O=C(O)C1c2ccsc2CCN1C(=O)C1CC=CC1. The number of carbonyl (C=O) groups is 2. The summed E-state index contributed by atoms with van der Waals surface area (Å²) in [6.45, 7) is 0.514. The third-order valence-corrected chi connectivity index (χ3v) is 4.84. The molecule has 0 radical (unpaired) electrons. The first-order chi connectivity index (χ1) is 9.18. The van der Waals surface area contributed by atoms with E-state index < -0.39 is 12.0 Å². The van der Waals surface area contributed by atoms with Gasteiger partial charge in [0.05, 0.1) is 0 Å². The number of hydrogen-bond donors (Lipinski definition) is 1. The van der Waals surface area contributed by atoms with Gasteiger partial charge in [0.25, 0.3) is 0 Å². The second-order valence-corrected chi connectivity index (χ2v) is 5.96. The first kappa shape index (κ1) is 12.4. The number of thiophene rings is 1. The van der Waals surface area contributed by atoms with Gasteiger partial charge in [0.2, 0.25) is 5.91 Å². The Labute approximate surface area is 115 Å². The second-order valence-electron chi connectivity index (χ2n) is 4.96. The number of hydrogen-bond acceptors (Lipinski definition) is 3. The zero-order valence-electron chi connectivity index (χ0n) is 10.4. The van der Waals surface area contributed by atoms with Crippen molar-refractivity contribution in [2.75, 3.05) is 6.54 Å². The molecule has 4 nitrogen and oxygen atoms in total. The molecule has 2 heterocycles. The van der Waals surface area contributed by atoms with Crippen molar-refractivity contribution in [3.63, 3.8) is 0 Å². The number of rotatable bonds is 2. The molecule has 100 valence electrons. The lowest BCUT2D eigenvalue weighted by Crippen LogP contribution is -2.45. The molecule has 1 N–H and O–H groups in total. The first-order valence-electron chi connectivity index (χ1n) is 6.43. The van der Waals surface area contributed by atoms with Gasteiger partial charge in [0.1, 0.15) is 0 Å². The van der Waals surface area contributed by atoms with Gasteiger partial charge in [0, 0.05) is 17.3 Å². The molecule has 3 rings (SSSR count). The Hall–Kier alpha value is -1.62. The summed E-state index contributed by atoms with van der Waals surface area (Å²) in [5.74, 6) is -1.02. The van der Waals surface area contributed by atoms with Gasteiger partial charge >= 0.3 is 5.97 Å². The van der Waals surface area contributed by atoms with Crippen molar-refractivity contribution in [1.82, 2.24) is 4.90 Å². The van der Waals surface area contributed by atoms with E-state index in [0.717, 1.165) is 29.7 Å². The lowest BCUT2D eigenvalue weighted by Gasteiger charge is -2.34. The van der Waals surface area contributed by atoms with Crippen molar-refractivity contribution in [1.29, 1.82) is 0 Å². The molecule has 0 spiro atoms. The van der Waals surface area contributed by atoms with Crippen LogP contribution in [0.15, 0.2) is 23.6 Å². The average molecular weight is 277 g/mol. The minimum Gasteiger partial charge on any atom is -0.479 e. The van der Waals surface area contributed by atoms with E-state index in [1.807, 2.05) is 23.6 Å². The van der Waals surface area contributed by atoms with E-state index in [2.05, 4.69) is 0 Å². The predicted molar refractivity (Wildman–Crippen MR) is 72.0 cm³/mol. The monoisotopic (exact) mass is 277 g/mol. The Balaban J connectivity index is 1.89. The van der Waals surface area contributed by atoms with Crippen LogP contribution in [0.5, 0.6) is 0 Å². The lowest BCUT2D eigenvalue weighted by molar-refractivity contribution is -0.152. The summed E-state index contributed by atoms with van der Waals surface area (Å²) < 4.78 is 0. The van der Waals surface area contributed by atoms with Gasteiger partial charge in [-0.2, -0.15) is 0 Å². The van der Waals surface area contributed by atoms with Gasteiger partial charge < -0.3 is 10.0 Å². The highest BCUT2D eigenvalue weighted by atomic mass is 32.1. The molecule has 1 atom stereocenters. The third-order valence-electron chi connectivity index (χ3n) is 3.84. The largest absolute Gasteiger partial charge is 0.479 e. The topological polar surface area (TPSA) is 57.6 Å². The van der Waals surface area contributed by atoms with Crippen molar-refractivity contribution in [2.45, 2.75) is 25.3 Å². The number of carbonyl (C=O) groups excluding carboxylic acids is 1. The van der Waals surface area contributed by atoms with Gasteiger partial charge in [-0.25, -0.2) is 4.79 Å². The summed E-state index contributed by atoms with van der Waals surface area (Å²) in [5.41, 5.74) is 0.794. The summed E-state index contributed by atoms with van der Waals surface area (Å²) in [4.78, 5) is 26.7. The van der Waals surface area contributed by atoms with E-state index >= 15 is 0 Å². The molecular weight excluding hydrogens is 262 g/mol. The molecule has 1 aromatic rings. The van der Waals surface area contributed by atoms with Crippen LogP contribution in [0.2, 0.25) is 0 Å². The molecule has 0 aromatic carbocycles. The molecule has 0 fully saturated rings. The minimum absolute atomic E-state index is 0.0192. The Morgan fingerprint density at radius 3 is 2.74 bits per heavy atom. The molecule has 1 aliphatic carbocycles. The Morgan fingerprint density at radius 1 is 1.32 bits per heavy atom. The molecule has 2 aliphatic rings. The normalized spacial score (nSPS) is 22.5. The molecule has 0 bridgehead atoms. The molecule has 1 amide bonds. The molecule has 0 saturated heterocycles. The minimum atomic E-state index is -0.932. The highest BCUT2D eigenvalue weighted by Crippen LogP contribution is 2.35. The molecular formula is C14H15NO3S. The standard InChI is InChI=1S/C14H15NO3S/c16-13(9-3-1-2-4-9)15-7-5-11-10(6-8-19-11)12(15)14(17)18/h1-2,6,8-9,12H,3-5,7H2,(H,17,18). The number of carboxylic acid groups (broad SMARTS) is 1. The zero-order chi connectivity index (χ0) is 13.4. The van der Waals surface area contributed by atoms with Gasteiger partial charge in [0.15, 0.2) is 6.04 Å². The zero-order valence-corrected chi connectivity index (χ0v) is 11.2. The van der Waals surface area contributed by atoms with E-state index in [9.17, 15) is 14.7 Å². The summed E-state index contributed by atoms with van der Waals surface area (Å²) in [6, 6.07) is 1.04. The van der Waals surface area contributed by atoms with Gasteiger partial charge in [-0.1, -0.05) is 12.2 Å². The van der Waals surface area contributed by atoms with Crippen LogP contribution in [-0.2, 0) is 16.0 Å². The number of carboxylic acids is 1. The van der Waals surface area contributed by atoms with Crippen molar-refractivity contribution < 1.29 is 14.7 Å². The summed E-state index contributed by atoms with van der Waals surface area (Å²) in [6.07, 6.45) is 6.23. The maximum Gasteiger partial charge on any atom is 0.331 e. The van der Waals surface area contributed by atoms with Gasteiger partial charge in [-0.05, 0) is 36.3 Å². The Morgan fingerprint density at radius 2 is 2.05 bits per heavy atom. The number of allylic oxidation sites excluding steroid dienone is 2. The van der Waals surface area contributed by atoms with E-state index in [0.29, 0.717) is 6.54 Å². The highest BCUT2D eigenvalue weighted by Gasteiger charge is 2.38. The second kappa shape index (κ2) is 4.81. The molecule has 5 heteroatoms. The van der Waals surface area contributed by atoms with Crippen LogP contribution in [0.4, 0.5) is 0 Å². The number of nitrogens with zero attached hydrogens (tertiary/aromatic N) is 1. The summed E-state index contributed by atoms with van der Waals surface area (Å²) >= 11 is 1.58. The van der Waals surface area contributed by atoms with Crippen LogP contribution >= 0.6 is 11.3 Å². The molecule has 1 aromatic heterocycles. The van der Waals surface area contributed by atoms with Crippen LogP contribution in [-0.4, -0.2) is 28.4 Å². The van der Waals surface area contributed by atoms with E-state index in [4.69, 9.17) is 0 Å². The van der Waals surface area contributed by atoms with Crippen molar-refractivity contribution in [3.8, 4) is 0 Å². The number of fused-ring (bicyclic) bond motifs is 1. The number of aliphatic carboxylic acids is 1. The Bertz CT molecular complexity index is 541. The van der Waals surface area contributed by atoms with Crippen LogP contribution in [0, 0.1) is 5.92 Å². The van der Waals surface area contributed by atoms with Crippen LogP contribution in [0.3, 0.4) is 0 Å². The van der Waals surface area contributed by atoms with Gasteiger partial charge in [-0.3, -0.25) is 4.79 Å². The van der Waals surface area contributed by atoms with E-state index in [-0.39, 0.29) is 11.8 Å². The summed E-state index contributed by atoms with van der Waals surface area (Å²) in [7, 11) is 0. The van der Waals surface area contributed by atoms with Crippen molar-refractivity contribution in [2.24, 2.45) is 5.92 Å².